The number of carbonyl (C=O) groups excluding carboxylic acids is 1. The number of benzene rings is 3. The van der Waals surface area contributed by atoms with Crippen molar-refractivity contribution < 1.29 is 22.3 Å². The molecule has 0 atom stereocenters. The number of sulfonamides is 1. The number of para-hydroxylation sites is 1. The molecule has 1 amide bonds. The molecule has 196 valence electrons. The third-order valence-electron chi connectivity index (χ3n) is 6.37. The van der Waals surface area contributed by atoms with E-state index in [2.05, 4.69) is 9.71 Å². The van der Waals surface area contributed by atoms with Crippen molar-refractivity contribution in [2.45, 2.75) is 24.3 Å². The molecule has 2 N–H and O–H groups in total. The summed E-state index contributed by atoms with van der Waals surface area (Å²) in [4.78, 5) is 41.1. The number of nitrogens with zero attached hydrogens (tertiary/aromatic N) is 2. The van der Waals surface area contributed by atoms with E-state index in [1.165, 1.54) is 23.8 Å². The van der Waals surface area contributed by atoms with E-state index in [9.17, 15) is 27.2 Å². The fraction of sp³-hybridized carbons (Fsp3) is 0.192. The summed E-state index contributed by atoms with van der Waals surface area (Å²) < 4.78 is 48.2. The Morgan fingerprint density at radius 2 is 1.89 bits per heavy atom. The molecule has 0 saturated heterocycles. The molecule has 0 unspecified atom stereocenters. The third-order valence-corrected chi connectivity index (χ3v) is 7.73. The van der Waals surface area contributed by atoms with Gasteiger partial charge < -0.3 is 9.64 Å². The van der Waals surface area contributed by atoms with E-state index < -0.39 is 27.1 Å². The van der Waals surface area contributed by atoms with Gasteiger partial charge in [0.1, 0.15) is 11.6 Å². The monoisotopic (exact) mass is 538 g/mol. The zero-order valence-corrected chi connectivity index (χ0v) is 21.0. The molecule has 0 fully saturated rings. The largest absolute Gasteiger partial charge is 0.497 e. The number of anilines is 2. The highest BCUT2D eigenvalue weighted by atomic mass is 32.2. The molecular formula is C26H23FN4O6S. The van der Waals surface area contributed by atoms with Crippen LogP contribution in [0.25, 0.3) is 10.9 Å². The standard InChI is InChI=1S/C26H23FN4O6S/c1-37-19-13-17(27)14-20(15-19)38(35,36)29-18-6-7-22-16(12-18)8-10-30(22)24(32)9-11-31-23-5-3-2-4-21(23)25(33)28-26(31)34/h2-7,12-15,29H,8-11H2,1H3,(H,28,33,34). The van der Waals surface area contributed by atoms with Gasteiger partial charge >= 0.3 is 5.69 Å². The highest BCUT2D eigenvalue weighted by Gasteiger charge is 2.26. The average Bonchev–Trinajstić information content (AvgIpc) is 3.31. The van der Waals surface area contributed by atoms with Crippen LogP contribution < -0.4 is 25.6 Å². The van der Waals surface area contributed by atoms with E-state index in [4.69, 9.17) is 4.74 Å². The Morgan fingerprint density at radius 1 is 1.11 bits per heavy atom. The number of aryl methyl sites for hydroxylation is 1. The summed E-state index contributed by atoms with van der Waals surface area (Å²) in [6.45, 7) is 0.475. The fourth-order valence-electron chi connectivity index (χ4n) is 4.56. The zero-order chi connectivity index (χ0) is 27.0. The second-order valence-electron chi connectivity index (χ2n) is 8.75. The summed E-state index contributed by atoms with van der Waals surface area (Å²) in [5.41, 5.74) is 1.06. The minimum atomic E-state index is -4.09. The van der Waals surface area contributed by atoms with E-state index in [0.717, 1.165) is 17.7 Å². The molecular weight excluding hydrogens is 515 g/mol. The average molecular weight is 539 g/mol. The van der Waals surface area contributed by atoms with Crippen molar-refractivity contribution in [1.82, 2.24) is 9.55 Å². The van der Waals surface area contributed by atoms with Crippen LogP contribution in [0.5, 0.6) is 5.75 Å². The number of amides is 1. The smallest absolute Gasteiger partial charge is 0.328 e. The lowest BCUT2D eigenvalue weighted by Crippen LogP contribution is -2.34. The van der Waals surface area contributed by atoms with Crippen molar-refractivity contribution in [2.75, 3.05) is 23.3 Å². The van der Waals surface area contributed by atoms with Gasteiger partial charge in [0, 0.05) is 43.0 Å². The lowest BCUT2D eigenvalue weighted by Gasteiger charge is -2.18. The van der Waals surface area contributed by atoms with Crippen LogP contribution in [0, 0.1) is 5.82 Å². The summed E-state index contributed by atoms with van der Waals surface area (Å²) >= 11 is 0. The lowest BCUT2D eigenvalue weighted by atomic mass is 10.1. The molecule has 12 heteroatoms. The number of hydrogen-bond acceptors (Lipinski definition) is 6. The maximum absolute atomic E-state index is 13.8. The first-order chi connectivity index (χ1) is 18.2. The van der Waals surface area contributed by atoms with E-state index >= 15 is 0 Å². The summed E-state index contributed by atoms with van der Waals surface area (Å²) in [7, 11) is -2.78. The van der Waals surface area contributed by atoms with Gasteiger partial charge in [0.2, 0.25) is 5.91 Å². The number of nitrogens with one attached hydrogen (secondary N) is 2. The van der Waals surface area contributed by atoms with Gasteiger partial charge in [-0.1, -0.05) is 12.1 Å². The predicted octanol–water partition coefficient (Wildman–Crippen LogP) is 2.62. The van der Waals surface area contributed by atoms with Crippen LogP contribution in [0.2, 0.25) is 0 Å². The Labute approximate surface area is 216 Å². The van der Waals surface area contributed by atoms with Gasteiger partial charge in [-0.2, -0.15) is 0 Å². The molecule has 0 spiro atoms. The molecule has 4 aromatic rings. The molecule has 3 aromatic carbocycles. The molecule has 1 aliphatic rings. The molecule has 1 aliphatic heterocycles. The first-order valence-corrected chi connectivity index (χ1v) is 13.2. The van der Waals surface area contributed by atoms with Gasteiger partial charge in [-0.3, -0.25) is 23.9 Å². The van der Waals surface area contributed by atoms with Crippen molar-refractivity contribution >= 4 is 38.2 Å². The van der Waals surface area contributed by atoms with Gasteiger partial charge in [-0.15, -0.1) is 0 Å². The summed E-state index contributed by atoms with van der Waals surface area (Å²) in [6.07, 6.45) is 0.525. The van der Waals surface area contributed by atoms with Crippen LogP contribution in [-0.2, 0) is 27.8 Å². The molecule has 10 nitrogen and oxygen atoms in total. The van der Waals surface area contributed by atoms with Gasteiger partial charge in [0.05, 0.1) is 22.9 Å². The summed E-state index contributed by atoms with van der Waals surface area (Å²) in [5.74, 6) is -0.887. The maximum atomic E-state index is 13.8. The zero-order valence-electron chi connectivity index (χ0n) is 20.2. The summed E-state index contributed by atoms with van der Waals surface area (Å²) in [6, 6.07) is 14.7. The van der Waals surface area contributed by atoms with E-state index in [0.29, 0.717) is 29.6 Å². The number of aromatic nitrogens is 2. The van der Waals surface area contributed by atoms with Crippen molar-refractivity contribution in [3.05, 3.63) is 92.9 Å². The highest BCUT2D eigenvalue weighted by molar-refractivity contribution is 7.92. The highest BCUT2D eigenvalue weighted by Crippen LogP contribution is 2.32. The second kappa shape index (κ2) is 9.78. The van der Waals surface area contributed by atoms with Gasteiger partial charge in [0.25, 0.3) is 15.6 Å². The Kier molecular flexibility index (Phi) is 6.49. The van der Waals surface area contributed by atoms with E-state index in [1.807, 2.05) is 0 Å². The van der Waals surface area contributed by atoms with Crippen molar-refractivity contribution in [2.24, 2.45) is 0 Å². The minimum absolute atomic E-state index is 0.0190. The van der Waals surface area contributed by atoms with Crippen molar-refractivity contribution in [1.29, 1.82) is 0 Å². The molecule has 5 rings (SSSR count). The molecule has 0 saturated carbocycles. The second-order valence-corrected chi connectivity index (χ2v) is 10.4. The van der Waals surface area contributed by atoms with Gasteiger partial charge in [-0.25, -0.2) is 17.6 Å². The van der Waals surface area contributed by atoms with Crippen LogP contribution >= 0.6 is 0 Å². The molecule has 1 aromatic heterocycles. The van der Waals surface area contributed by atoms with Gasteiger partial charge in [-0.05, 0) is 48.4 Å². The summed E-state index contributed by atoms with van der Waals surface area (Å²) in [5, 5.41) is 0.359. The number of ether oxygens (including phenoxy) is 1. The van der Waals surface area contributed by atoms with E-state index in [-0.39, 0.29) is 35.2 Å². The quantitative estimate of drug-likeness (QED) is 0.372. The van der Waals surface area contributed by atoms with Crippen LogP contribution in [0.3, 0.4) is 0 Å². The first-order valence-electron chi connectivity index (χ1n) is 11.7. The normalized spacial score (nSPS) is 12.9. The Balaban J connectivity index is 1.32. The number of hydrogen-bond donors (Lipinski definition) is 2. The van der Waals surface area contributed by atoms with E-state index in [1.54, 1.807) is 41.3 Å². The van der Waals surface area contributed by atoms with Crippen LogP contribution in [-0.4, -0.2) is 37.5 Å². The lowest BCUT2D eigenvalue weighted by molar-refractivity contribution is -0.118. The molecule has 0 bridgehead atoms. The number of rotatable bonds is 7. The molecule has 0 aliphatic carbocycles. The predicted molar refractivity (Wildman–Crippen MR) is 140 cm³/mol. The number of carbonyl (C=O) groups is 1. The van der Waals surface area contributed by atoms with Crippen LogP contribution in [0.4, 0.5) is 15.8 Å². The molecule has 2 heterocycles. The first kappa shape index (κ1) is 25.2. The van der Waals surface area contributed by atoms with Crippen molar-refractivity contribution in [3.63, 3.8) is 0 Å². The Bertz CT molecular complexity index is 1800. The number of halogens is 1. The number of methoxy groups -OCH3 is 1. The van der Waals surface area contributed by atoms with Crippen LogP contribution in [0.15, 0.2) is 75.1 Å². The fourth-order valence-corrected chi connectivity index (χ4v) is 5.65. The molecule has 38 heavy (non-hydrogen) atoms. The SMILES string of the molecule is COc1cc(F)cc(S(=O)(=O)Nc2ccc3c(c2)CCN3C(=O)CCn2c(=O)[nH]c(=O)c3ccccc32)c1. The number of H-pyrrole nitrogens is 1. The van der Waals surface area contributed by atoms with Gasteiger partial charge in [0.15, 0.2) is 0 Å². The third kappa shape index (κ3) is 4.77. The minimum Gasteiger partial charge on any atom is -0.497 e. The topological polar surface area (TPSA) is 131 Å². The number of fused-ring (bicyclic) bond motifs is 2. The molecule has 0 radical (unpaired) electrons. The maximum Gasteiger partial charge on any atom is 0.328 e. The van der Waals surface area contributed by atoms with Crippen LogP contribution in [0.1, 0.15) is 12.0 Å². The Morgan fingerprint density at radius 3 is 2.68 bits per heavy atom. The van der Waals surface area contributed by atoms with Crippen molar-refractivity contribution in [3.8, 4) is 5.75 Å². The Hall–Kier alpha value is -4.45. The number of aromatic amines is 1.